The third-order valence-electron chi connectivity index (χ3n) is 7.78. The molecule has 208 valence electrons. The summed E-state index contributed by atoms with van der Waals surface area (Å²) >= 11 is 0. The highest BCUT2D eigenvalue weighted by Crippen LogP contribution is 2.42. The van der Waals surface area contributed by atoms with Crippen LogP contribution in [0, 0.1) is 11.8 Å². The summed E-state index contributed by atoms with van der Waals surface area (Å²) in [5.41, 5.74) is 2.73. The molecule has 1 fully saturated rings. The lowest BCUT2D eigenvalue weighted by molar-refractivity contribution is -0.184. The van der Waals surface area contributed by atoms with Crippen LogP contribution in [0.15, 0.2) is 41.4 Å². The van der Waals surface area contributed by atoms with Gasteiger partial charge in [-0.15, -0.1) is 0 Å². The Morgan fingerprint density at radius 3 is 2.39 bits per heavy atom. The third-order valence-corrected chi connectivity index (χ3v) is 8.91. The van der Waals surface area contributed by atoms with E-state index in [1.165, 1.54) is 18.3 Å². The number of amides is 1. The first-order chi connectivity index (χ1) is 17.9. The maximum Gasteiger partial charge on any atom is 0.391 e. The molecule has 0 radical (unpaired) electrons. The number of nitrogens with zero attached hydrogens (tertiary/aromatic N) is 2. The van der Waals surface area contributed by atoms with Gasteiger partial charge in [0.2, 0.25) is 0 Å². The number of hydrogen-bond acceptors (Lipinski definition) is 6. The van der Waals surface area contributed by atoms with Crippen LogP contribution in [0.3, 0.4) is 0 Å². The van der Waals surface area contributed by atoms with Gasteiger partial charge in [-0.3, -0.25) is 14.7 Å². The number of fused-ring (bicyclic) bond motifs is 1. The number of aliphatic hydroxyl groups is 1. The molecule has 2 atom stereocenters. The molecule has 1 aliphatic heterocycles. The van der Waals surface area contributed by atoms with Gasteiger partial charge in [-0.05, 0) is 67.3 Å². The second-order valence-electron chi connectivity index (χ2n) is 10.4. The van der Waals surface area contributed by atoms with Gasteiger partial charge in [0, 0.05) is 25.5 Å². The van der Waals surface area contributed by atoms with Crippen molar-refractivity contribution in [3.63, 3.8) is 0 Å². The molecule has 11 heteroatoms. The Balaban J connectivity index is 1.41. The number of sulfone groups is 1. The number of carbonyl (C=O) groups is 1. The summed E-state index contributed by atoms with van der Waals surface area (Å²) in [5.74, 6) is -1.40. The monoisotopic (exact) mass is 553 g/mol. The number of halogens is 3. The van der Waals surface area contributed by atoms with Gasteiger partial charge in [0.1, 0.15) is 0 Å². The summed E-state index contributed by atoms with van der Waals surface area (Å²) in [6, 6.07) is 7.12. The van der Waals surface area contributed by atoms with Gasteiger partial charge in [0.15, 0.2) is 9.84 Å². The van der Waals surface area contributed by atoms with Crippen LogP contribution in [0.25, 0.3) is 0 Å². The number of carbonyl (C=O) groups excluding carboxylic acids is 1. The first-order valence-electron chi connectivity index (χ1n) is 12.9. The number of nitrogens with one attached hydrogen (secondary N) is 1. The molecule has 2 aromatic rings. The molecule has 38 heavy (non-hydrogen) atoms. The fourth-order valence-corrected chi connectivity index (χ4v) is 6.27. The molecule has 1 aliphatic carbocycles. The van der Waals surface area contributed by atoms with E-state index in [0.717, 1.165) is 23.9 Å². The molecule has 2 heterocycles. The zero-order valence-electron chi connectivity index (χ0n) is 21.5. The summed E-state index contributed by atoms with van der Waals surface area (Å²) < 4.78 is 62.5. The second-order valence-corrected chi connectivity index (χ2v) is 12.4. The molecular weight excluding hydrogens is 519 g/mol. The summed E-state index contributed by atoms with van der Waals surface area (Å²) in [6.07, 6.45) is 0.780. The van der Waals surface area contributed by atoms with Gasteiger partial charge >= 0.3 is 6.18 Å². The van der Waals surface area contributed by atoms with Gasteiger partial charge in [-0.1, -0.05) is 19.1 Å². The highest BCUT2D eigenvalue weighted by molar-refractivity contribution is 7.90. The minimum atomic E-state index is -4.11. The van der Waals surface area contributed by atoms with Crippen LogP contribution in [0.5, 0.6) is 0 Å². The van der Waals surface area contributed by atoms with Crippen LogP contribution in [0.2, 0.25) is 0 Å². The number of hydrogen-bond donors (Lipinski definition) is 2. The molecule has 0 spiro atoms. The molecule has 1 saturated carbocycles. The molecule has 1 aromatic carbocycles. The van der Waals surface area contributed by atoms with Crippen molar-refractivity contribution in [3.8, 4) is 0 Å². The van der Waals surface area contributed by atoms with E-state index in [9.17, 15) is 31.5 Å². The van der Waals surface area contributed by atoms with Crippen molar-refractivity contribution in [3.05, 3.63) is 58.9 Å². The number of aliphatic hydroxyl groups excluding tert-OH is 1. The van der Waals surface area contributed by atoms with Gasteiger partial charge in [-0.2, -0.15) is 13.2 Å². The van der Waals surface area contributed by atoms with Crippen molar-refractivity contribution < 1.29 is 31.5 Å². The van der Waals surface area contributed by atoms with Crippen molar-refractivity contribution in [2.75, 3.05) is 19.4 Å². The maximum atomic E-state index is 13.0. The molecule has 7 nitrogen and oxygen atoms in total. The van der Waals surface area contributed by atoms with Crippen molar-refractivity contribution in [2.24, 2.45) is 11.8 Å². The summed E-state index contributed by atoms with van der Waals surface area (Å²) in [7, 11) is -3.36. The lowest BCUT2D eigenvalue weighted by atomic mass is 9.81. The summed E-state index contributed by atoms with van der Waals surface area (Å²) in [6.45, 7) is 2.97. The van der Waals surface area contributed by atoms with Gasteiger partial charge in [0.05, 0.1) is 40.8 Å². The highest BCUT2D eigenvalue weighted by Gasteiger charge is 2.42. The maximum absolute atomic E-state index is 13.0. The quantitative estimate of drug-likeness (QED) is 0.497. The van der Waals surface area contributed by atoms with Crippen molar-refractivity contribution in [2.45, 2.75) is 68.7 Å². The van der Waals surface area contributed by atoms with E-state index < -0.39 is 33.9 Å². The van der Waals surface area contributed by atoms with E-state index in [1.807, 2.05) is 0 Å². The average molecular weight is 554 g/mol. The Morgan fingerprint density at radius 1 is 1.18 bits per heavy atom. The van der Waals surface area contributed by atoms with Gasteiger partial charge in [0.25, 0.3) is 5.91 Å². The minimum absolute atomic E-state index is 0.0565. The van der Waals surface area contributed by atoms with Crippen LogP contribution in [-0.2, 0) is 16.4 Å². The summed E-state index contributed by atoms with van der Waals surface area (Å²) in [4.78, 5) is 20.0. The summed E-state index contributed by atoms with van der Waals surface area (Å²) in [5, 5.41) is 12.6. The van der Waals surface area contributed by atoms with Gasteiger partial charge in [-0.25, -0.2) is 8.42 Å². The van der Waals surface area contributed by atoms with Crippen LogP contribution >= 0.6 is 0 Å². The van der Waals surface area contributed by atoms with E-state index in [2.05, 4.69) is 22.1 Å². The van der Waals surface area contributed by atoms with Crippen molar-refractivity contribution in [1.82, 2.24) is 15.2 Å². The second kappa shape index (κ2) is 11.3. The van der Waals surface area contributed by atoms with Crippen LogP contribution in [-0.4, -0.2) is 54.9 Å². The molecule has 2 aliphatic rings. The molecule has 1 aromatic heterocycles. The molecule has 1 amide bonds. The Bertz CT molecular complexity index is 1240. The van der Waals surface area contributed by atoms with Crippen molar-refractivity contribution >= 4 is 15.7 Å². The Labute approximate surface area is 221 Å². The van der Waals surface area contributed by atoms with Crippen LogP contribution in [0.4, 0.5) is 13.2 Å². The highest BCUT2D eigenvalue weighted by atomic mass is 32.2. The molecular formula is C27H34F3N3O4S. The van der Waals surface area contributed by atoms with Crippen LogP contribution in [0.1, 0.15) is 78.3 Å². The smallest absolute Gasteiger partial charge is 0.391 e. The van der Waals surface area contributed by atoms with E-state index in [0.29, 0.717) is 37.1 Å². The fraction of sp³-hybridized carbons (Fsp3) is 0.556. The van der Waals surface area contributed by atoms with Gasteiger partial charge < -0.3 is 10.4 Å². The third kappa shape index (κ3) is 6.38. The number of alkyl halides is 3. The topological polar surface area (TPSA) is 99.6 Å². The molecule has 4 rings (SSSR count). The fourth-order valence-electron chi connectivity index (χ4n) is 5.64. The Morgan fingerprint density at radius 2 is 1.84 bits per heavy atom. The minimum Gasteiger partial charge on any atom is -0.394 e. The predicted molar refractivity (Wildman–Crippen MR) is 136 cm³/mol. The molecule has 2 N–H and O–H groups in total. The normalized spacial score (nSPS) is 23.2. The lowest BCUT2D eigenvalue weighted by Gasteiger charge is -2.33. The number of benzene rings is 1. The first kappa shape index (κ1) is 28.5. The van der Waals surface area contributed by atoms with Crippen molar-refractivity contribution in [1.29, 1.82) is 0 Å². The number of aromatic nitrogens is 1. The standard InChI is InChI=1S/C27H34F3N3O4S/c1-3-24-25-20(15-33(24)14-17-4-8-21(9-5-17)27(28,29)30)12-19(13-31-25)26(35)32-23(16-34)18-6-10-22(11-7-18)38(2,36)37/h6-7,10-13,17,21,23-24,34H,3-5,8-9,14-16H2,1-2H3,(H,32,35)/t17?,21?,23-,24-/m0/s1. The SMILES string of the molecule is CC[C@H]1c2ncc(C(=O)N[C@@H](CO)c3ccc(S(C)(=O)=O)cc3)cc2CN1CC1CCC(C(F)(F)F)CC1. The molecule has 0 saturated heterocycles. The van der Waals surface area contributed by atoms with E-state index >= 15 is 0 Å². The molecule has 0 unspecified atom stereocenters. The number of rotatable bonds is 8. The zero-order valence-corrected chi connectivity index (χ0v) is 22.4. The number of pyridine rings is 1. The average Bonchev–Trinajstić information content (AvgIpc) is 3.22. The first-order valence-corrected chi connectivity index (χ1v) is 14.8. The van der Waals surface area contributed by atoms with E-state index in [1.54, 1.807) is 18.2 Å². The van der Waals surface area contributed by atoms with Crippen LogP contribution < -0.4 is 5.32 Å². The van der Waals surface area contributed by atoms with E-state index in [-0.39, 0.29) is 36.3 Å². The Kier molecular flexibility index (Phi) is 8.49. The molecule has 0 bridgehead atoms. The van der Waals surface area contributed by atoms with E-state index in [4.69, 9.17) is 0 Å². The largest absolute Gasteiger partial charge is 0.394 e. The lowest BCUT2D eigenvalue weighted by Crippen LogP contribution is -2.33. The zero-order chi connectivity index (χ0) is 27.7. The Hall–Kier alpha value is -2.50. The predicted octanol–water partition coefficient (Wildman–Crippen LogP) is 4.58.